The lowest BCUT2D eigenvalue weighted by Crippen LogP contribution is -2.49. The van der Waals surface area contributed by atoms with Gasteiger partial charge in [0.05, 0.1) is 6.04 Å². The van der Waals surface area contributed by atoms with Crippen molar-refractivity contribution < 1.29 is 28.2 Å². The number of hydrogen-bond donors (Lipinski definition) is 2. The highest BCUT2D eigenvalue weighted by Crippen LogP contribution is 2.49. The van der Waals surface area contributed by atoms with E-state index >= 15 is 0 Å². The fourth-order valence-electron chi connectivity index (χ4n) is 6.41. The molecule has 2 aliphatic rings. The van der Waals surface area contributed by atoms with Crippen molar-refractivity contribution in [3.8, 4) is 5.75 Å². The van der Waals surface area contributed by atoms with E-state index < -0.39 is 42.0 Å². The van der Waals surface area contributed by atoms with Crippen LogP contribution in [0.25, 0.3) is 0 Å². The zero-order valence-electron chi connectivity index (χ0n) is 22.6. The van der Waals surface area contributed by atoms with Crippen molar-refractivity contribution in [3.63, 3.8) is 0 Å². The number of likely N-dealkylation sites (tertiary alicyclic amines) is 1. The maximum absolute atomic E-state index is 14.1. The topological polar surface area (TPSA) is 78.9 Å². The second kappa shape index (κ2) is 12.3. The van der Waals surface area contributed by atoms with Gasteiger partial charge < -0.3 is 20.1 Å². The lowest BCUT2D eigenvalue weighted by molar-refractivity contribution is -0.154. The lowest BCUT2D eigenvalue weighted by atomic mass is 9.72. The van der Waals surface area contributed by atoms with Crippen LogP contribution in [0.5, 0.6) is 5.75 Å². The molecule has 1 amide bonds. The molecule has 4 atom stereocenters. The number of carboxylic acid groups (broad SMARTS) is 1. The van der Waals surface area contributed by atoms with Crippen molar-refractivity contribution in [1.82, 2.24) is 10.2 Å². The van der Waals surface area contributed by atoms with Gasteiger partial charge in [-0.05, 0) is 42.0 Å². The van der Waals surface area contributed by atoms with Gasteiger partial charge in [-0.3, -0.25) is 4.79 Å². The Bertz CT molecular complexity index is 1150. The summed E-state index contributed by atoms with van der Waals surface area (Å²) in [6.07, 6.45) is 4.51. The number of aliphatic carboxylic acids is 1. The Morgan fingerprint density at radius 2 is 1.77 bits per heavy atom. The maximum Gasteiger partial charge on any atom is 0.387 e. The third kappa shape index (κ3) is 6.62. The number of hydrogen-bond acceptors (Lipinski definition) is 4. The molecular weight excluding hydrogens is 570 g/mol. The molecule has 9 heteroatoms. The molecule has 2 fully saturated rings. The minimum Gasteiger partial charge on any atom is -0.480 e. The van der Waals surface area contributed by atoms with Crippen LogP contribution >= 0.6 is 15.9 Å². The summed E-state index contributed by atoms with van der Waals surface area (Å²) < 4.78 is 31.7. The summed E-state index contributed by atoms with van der Waals surface area (Å²) >= 11 is 3.41. The van der Waals surface area contributed by atoms with Crippen molar-refractivity contribution in [1.29, 1.82) is 0 Å². The van der Waals surface area contributed by atoms with E-state index in [1.165, 1.54) is 6.07 Å². The number of benzene rings is 2. The van der Waals surface area contributed by atoms with E-state index in [-0.39, 0.29) is 24.1 Å². The molecule has 212 valence electrons. The molecule has 6 nitrogen and oxygen atoms in total. The maximum atomic E-state index is 14.1. The fourth-order valence-corrected chi connectivity index (χ4v) is 6.82. The van der Waals surface area contributed by atoms with Crippen LogP contribution in [-0.4, -0.2) is 40.6 Å². The number of halogens is 3. The second-order valence-corrected chi connectivity index (χ2v) is 12.6. The average Bonchev–Trinajstić information content (AvgIpc) is 3.25. The average molecular weight is 608 g/mol. The van der Waals surface area contributed by atoms with Gasteiger partial charge in [0.15, 0.2) is 0 Å². The first-order chi connectivity index (χ1) is 18.5. The highest BCUT2D eigenvalue weighted by Gasteiger charge is 2.58. The Morgan fingerprint density at radius 3 is 2.36 bits per heavy atom. The van der Waals surface area contributed by atoms with E-state index in [4.69, 9.17) is 4.74 Å². The molecule has 2 aromatic rings. The fraction of sp³-hybridized carbons (Fsp3) is 0.533. The summed E-state index contributed by atoms with van der Waals surface area (Å²) in [5, 5.41) is 14.1. The molecule has 0 unspecified atom stereocenters. The Kier molecular flexibility index (Phi) is 9.32. The normalized spacial score (nSPS) is 24.2. The number of rotatable bonds is 8. The molecule has 2 aromatic carbocycles. The third-order valence-corrected chi connectivity index (χ3v) is 8.53. The molecule has 2 N–H and O–H groups in total. The van der Waals surface area contributed by atoms with Crippen molar-refractivity contribution in [3.05, 3.63) is 64.1 Å². The number of alkyl halides is 2. The van der Waals surface area contributed by atoms with Gasteiger partial charge in [-0.1, -0.05) is 86.3 Å². The van der Waals surface area contributed by atoms with Crippen LogP contribution in [0.1, 0.15) is 70.0 Å². The molecule has 1 heterocycles. The first kappa shape index (κ1) is 29.5. The molecule has 0 radical (unpaired) electrons. The van der Waals surface area contributed by atoms with Crippen molar-refractivity contribution in [2.75, 3.05) is 0 Å². The summed E-state index contributed by atoms with van der Waals surface area (Å²) in [7, 11) is 0. The van der Waals surface area contributed by atoms with Crippen LogP contribution in [0, 0.1) is 17.3 Å². The van der Waals surface area contributed by atoms with Crippen LogP contribution < -0.4 is 10.1 Å². The van der Waals surface area contributed by atoms with Gasteiger partial charge in [-0.25, -0.2) is 4.79 Å². The van der Waals surface area contributed by atoms with Crippen LogP contribution in [0.15, 0.2) is 53.0 Å². The van der Waals surface area contributed by atoms with Crippen LogP contribution in [-0.2, 0) is 16.1 Å². The Balaban J connectivity index is 1.79. The predicted octanol–water partition coefficient (Wildman–Crippen LogP) is 6.79. The van der Waals surface area contributed by atoms with Crippen LogP contribution in [0.2, 0.25) is 0 Å². The second-order valence-electron chi connectivity index (χ2n) is 11.6. The summed E-state index contributed by atoms with van der Waals surface area (Å²) in [5.41, 5.74) is 0.859. The Hall–Kier alpha value is -2.52. The van der Waals surface area contributed by atoms with Crippen LogP contribution in [0.3, 0.4) is 0 Å². The van der Waals surface area contributed by atoms with E-state index in [9.17, 15) is 23.5 Å². The molecule has 0 spiro atoms. The Labute approximate surface area is 237 Å². The summed E-state index contributed by atoms with van der Waals surface area (Å²) in [5.74, 6) is -1.76. The van der Waals surface area contributed by atoms with Gasteiger partial charge in [-0.2, -0.15) is 8.78 Å². The quantitative estimate of drug-likeness (QED) is 0.346. The summed E-state index contributed by atoms with van der Waals surface area (Å²) in [6.45, 7) is 3.14. The molecule has 1 saturated heterocycles. The van der Waals surface area contributed by atoms with Crippen LogP contribution in [0.4, 0.5) is 8.78 Å². The van der Waals surface area contributed by atoms with Gasteiger partial charge in [-0.15, -0.1) is 0 Å². The molecule has 1 aliphatic carbocycles. The SMILES string of the molecule is CC(C)(C)[C@H]1[C@H](NCc2cc(Br)ccc2OC(F)F)[C@H](c2ccccc2)N(C(=O)C2CCCCC2)[C@@H]1C(=O)O. The van der Waals surface area contributed by atoms with E-state index in [1.54, 1.807) is 17.0 Å². The van der Waals surface area contributed by atoms with Gasteiger partial charge in [0.25, 0.3) is 0 Å². The molecule has 0 bridgehead atoms. The van der Waals surface area contributed by atoms with E-state index in [0.717, 1.165) is 37.7 Å². The minimum absolute atomic E-state index is 0.0483. The smallest absolute Gasteiger partial charge is 0.387 e. The number of carbonyl (C=O) groups excluding carboxylic acids is 1. The first-order valence-corrected chi connectivity index (χ1v) is 14.3. The Morgan fingerprint density at radius 1 is 1.10 bits per heavy atom. The number of carboxylic acids is 1. The molecule has 39 heavy (non-hydrogen) atoms. The lowest BCUT2D eigenvalue weighted by Gasteiger charge is -2.36. The molecule has 4 rings (SSSR count). The zero-order valence-corrected chi connectivity index (χ0v) is 24.2. The summed E-state index contributed by atoms with van der Waals surface area (Å²) in [4.78, 5) is 28.7. The van der Waals surface area contributed by atoms with E-state index in [0.29, 0.717) is 10.0 Å². The standard InChI is InChI=1S/C30H37BrF2N2O4/c1-30(2,3)23-24(34-17-20-16-21(31)14-15-22(20)39-29(32)33)25(18-10-6-4-7-11-18)35(26(23)28(37)38)27(36)19-12-8-5-9-13-19/h4,6-7,10-11,14-16,19,23-26,29,34H,5,8-9,12-13,17H2,1-3H3,(H,37,38)/t23-,24-,25-,26-/m0/s1. The minimum atomic E-state index is -2.98. The largest absolute Gasteiger partial charge is 0.480 e. The summed E-state index contributed by atoms with van der Waals surface area (Å²) in [6, 6.07) is 12.3. The number of nitrogens with zero attached hydrogens (tertiary/aromatic N) is 1. The first-order valence-electron chi connectivity index (χ1n) is 13.6. The van der Waals surface area contributed by atoms with Gasteiger partial charge in [0, 0.05) is 34.5 Å². The number of amides is 1. The highest BCUT2D eigenvalue weighted by molar-refractivity contribution is 9.10. The number of ether oxygens (including phenoxy) is 1. The monoisotopic (exact) mass is 606 g/mol. The van der Waals surface area contributed by atoms with Gasteiger partial charge in [0.2, 0.25) is 5.91 Å². The molecule has 1 aliphatic heterocycles. The number of carbonyl (C=O) groups is 2. The third-order valence-electron chi connectivity index (χ3n) is 8.04. The van der Waals surface area contributed by atoms with Gasteiger partial charge in [0.1, 0.15) is 11.8 Å². The zero-order chi connectivity index (χ0) is 28.3. The van der Waals surface area contributed by atoms with Crippen molar-refractivity contribution in [2.24, 2.45) is 17.3 Å². The predicted molar refractivity (Wildman–Crippen MR) is 148 cm³/mol. The molecule has 0 aromatic heterocycles. The van der Waals surface area contributed by atoms with E-state index in [2.05, 4.69) is 21.2 Å². The van der Waals surface area contributed by atoms with Crippen molar-refractivity contribution in [2.45, 2.75) is 84.2 Å². The van der Waals surface area contributed by atoms with E-state index in [1.807, 2.05) is 51.1 Å². The molecular formula is C30H37BrF2N2O4. The highest BCUT2D eigenvalue weighted by atomic mass is 79.9. The number of nitrogens with one attached hydrogen (secondary N) is 1. The van der Waals surface area contributed by atoms with Crippen molar-refractivity contribution >= 4 is 27.8 Å². The van der Waals surface area contributed by atoms with Gasteiger partial charge >= 0.3 is 12.6 Å². The molecule has 1 saturated carbocycles.